The maximum Gasteiger partial charge on any atom is 0.141 e. The number of hydrogen-bond acceptors (Lipinski definition) is 4. The molecule has 2 aromatic heterocycles. The highest BCUT2D eigenvalue weighted by Gasteiger charge is 2.15. The van der Waals surface area contributed by atoms with Crippen molar-refractivity contribution in [3.05, 3.63) is 46.4 Å². The average Bonchev–Trinajstić information content (AvgIpc) is 2.81. The van der Waals surface area contributed by atoms with Gasteiger partial charge in [-0.15, -0.1) is 11.3 Å². The van der Waals surface area contributed by atoms with E-state index in [4.69, 9.17) is 0 Å². The van der Waals surface area contributed by atoms with Crippen molar-refractivity contribution >= 4 is 11.3 Å². The van der Waals surface area contributed by atoms with Crippen LogP contribution in [0.1, 0.15) is 30.5 Å². The highest BCUT2D eigenvalue weighted by atomic mass is 32.1. The van der Waals surface area contributed by atoms with Gasteiger partial charge in [-0.2, -0.15) is 0 Å². The number of nitrogens with zero attached hydrogens (tertiary/aromatic N) is 2. The van der Waals surface area contributed by atoms with E-state index in [1.165, 1.54) is 17.1 Å². The number of aromatic nitrogens is 2. The highest BCUT2D eigenvalue weighted by Crippen LogP contribution is 2.19. The monoisotopic (exact) mass is 265 g/mol. The third-order valence-electron chi connectivity index (χ3n) is 2.53. The number of halogens is 1. The molecule has 96 valence electrons. The summed E-state index contributed by atoms with van der Waals surface area (Å²) in [6.45, 7) is 4.17. The van der Waals surface area contributed by atoms with Crippen molar-refractivity contribution in [1.29, 1.82) is 0 Å². The molecule has 0 bridgehead atoms. The molecule has 0 aromatic carbocycles. The van der Waals surface area contributed by atoms with Crippen LogP contribution in [-0.4, -0.2) is 16.0 Å². The largest absolute Gasteiger partial charge is 0.306 e. The summed E-state index contributed by atoms with van der Waals surface area (Å²) >= 11 is 1.62. The first-order valence-corrected chi connectivity index (χ1v) is 6.78. The SMILES string of the molecule is CC(C)NC(Cc1cncs1)c1ccc(F)cn1. The number of nitrogens with one attached hydrogen (secondary N) is 1. The zero-order valence-electron chi connectivity index (χ0n) is 10.4. The quantitative estimate of drug-likeness (QED) is 0.903. The summed E-state index contributed by atoms with van der Waals surface area (Å²) in [7, 11) is 0. The maximum absolute atomic E-state index is 12.9. The van der Waals surface area contributed by atoms with E-state index in [-0.39, 0.29) is 11.9 Å². The lowest BCUT2D eigenvalue weighted by atomic mass is 10.1. The number of pyridine rings is 1. The minimum atomic E-state index is -0.306. The van der Waals surface area contributed by atoms with E-state index in [0.717, 1.165) is 12.1 Å². The molecular formula is C13H16FN3S. The fourth-order valence-electron chi connectivity index (χ4n) is 1.79. The molecule has 1 unspecified atom stereocenters. The summed E-state index contributed by atoms with van der Waals surface area (Å²) in [5.41, 5.74) is 2.68. The van der Waals surface area contributed by atoms with E-state index in [1.54, 1.807) is 17.4 Å². The fraction of sp³-hybridized carbons (Fsp3) is 0.385. The normalized spacial score (nSPS) is 12.9. The number of hydrogen-bond donors (Lipinski definition) is 1. The van der Waals surface area contributed by atoms with E-state index < -0.39 is 0 Å². The maximum atomic E-state index is 12.9. The smallest absolute Gasteiger partial charge is 0.141 e. The molecule has 0 saturated carbocycles. The Morgan fingerprint density at radius 1 is 1.33 bits per heavy atom. The van der Waals surface area contributed by atoms with Gasteiger partial charge in [0.25, 0.3) is 0 Å². The summed E-state index contributed by atoms with van der Waals surface area (Å²) in [5, 5.41) is 3.45. The summed E-state index contributed by atoms with van der Waals surface area (Å²) < 4.78 is 12.9. The van der Waals surface area contributed by atoms with Gasteiger partial charge in [-0.1, -0.05) is 13.8 Å². The molecule has 2 aromatic rings. The number of thiazole rings is 1. The van der Waals surface area contributed by atoms with Crippen LogP contribution in [0.15, 0.2) is 30.0 Å². The Bertz CT molecular complexity index is 467. The topological polar surface area (TPSA) is 37.8 Å². The molecule has 0 aliphatic heterocycles. The molecule has 18 heavy (non-hydrogen) atoms. The first kappa shape index (κ1) is 13.1. The van der Waals surface area contributed by atoms with Crippen molar-refractivity contribution in [3.8, 4) is 0 Å². The van der Waals surface area contributed by atoms with E-state index in [2.05, 4.69) is 29.1 Å². The molecule has 5 heteroatoms. The summed E-state index contributed by atoms with van der Waals surface area (Å²) in [6.07, 6.45) is 3.95. The van der Waals surface area contributed by atoms with Gasteiger partial charge in [0.15, 0.2) is 0 Å². The molecule has 0 saturated heterocycles. The van der Waals surface area contributed by atoms with Gasteiger partial charge in [0, 0.05) is 23.5 Å². The van der Waals surface area contributed by atoms with Crippen LogP contribution in [0.3, 0.4) is 0 Å². The molecule has 3 nitrogen and oxygen atoms in total. The molecule has 0 aliphatic carbocycles. The summed E-state index contributed by atoms with van der Waals surface area (Å²) in [5.74, 6) is -0.306. The Kier molecular flexibility index (Phi) is 4.38. The van der Waals surface area contributed by atoms with Gasteiger partial charge in [0.2, 0.25) is 0 Å². The van der Waals surface area contributed by atoms with Crippen molar-refractivity contribution in [2.24, 2.45) is 0 Å². The molecule has 2 heterocycles. The first-order chi connectivity index (χ1) is 8.65. The van der Waals surface area contributed by atoms with Crippen LogP contribution < -0.4 is 5.32 Å². The minimum absolute atomic E-state index is 0.0889. The Labute approximate surface area is 110 Å². The lowest BCUT2D eigenvalue weighted by Crippen LogP contribution is -2.30. The lowest BCUT2D eigenvalue weighted by molar-refractivity contribution is 0.466. The summed E-state index contributed by atoms with van der Waals surface area (Å²) in [4.78, 5) is 9.43. The standard InChI is InChI=1S/C13H16FN3S/c1-9(2)17-13(5-11-7-15-8-18-11)12-4-3-10(14)6-16-12/h3-4,6-9,13,17H,5H2,1-2H3. The lowest BCUT2D eigenvalue weighted by Gasteiger charge is -2.20. The average molecular weight is 265 g/mol. The Morgan fingerprint density at radius 2 is 2.17 bits per heavy atom. The van der Waals surface area contributed by atoms with E-state index in [1.807, 2.05) is 11.7 Å². The Morgan fingerprint density at radius 3 is 2.72 bits per heavy atom. The van der Waals surface area contributed by atoms with Crippen LogP contribution in [0.25, 0.3) is 0 Å². The van der Waals surface area contributed by atoms with Crippen molar-refractivity contribution < 1.29 is 4.39 Å². The van der Waals surface area contributed by atoms with Gasteiger partial charge in [-0.05, 0) is 12.1 Å². The molecule has 0 amide bonds. The second kappa shape index (κ2) is 6.02. The third-order valence-corrected chi connectivity index (χ3v) is 3.33. The van der Waals surface area contributed by atoms with Crippen molar-refractivity contribution in [3.63, 3.8) is 0 Å². The zero-order chi connectivity index (χ0) is 13.0. The predicted molar refractivity (Wildman–Crippen MR) is 71.0 cm³/mol. The van der Waals surface area contributed by atoms with Gasteiger partial charge >= 0.3 is 0 Å². The van der Waals surface area contributed by atoms with Crippen LogP contribution in [0, 0.1) is 5.82 Å². The molecular weight excluding hydrogens is 249 g/mol. The van der Waals surface area contributed by atoms with E-state index >= 15 is 0 Å². The molecule has 0 aliphatic rings. The molecule has 1 atom stereocenters. The highest BCUT2D eigenvalue weighted by molar-refractivity contribution is 7.09. The van der Waals surface area contributed by atoms with Crippen LogP contribution in [0.4, 0.5) is 4.39 Å². The van der Waals surface area contributed by atoms with Crippen molar-refractivity contribution in [1.82, 2.24) is 15.3 Å². The molecule has 2 rings (SSSR count). The van der Waals surface area contributed by atoms with E-state index in [0.29, 0.717) is 6.04 Å². The zero-order valence-corrected chi connectivity index (χ0v) is 11.2. The van der Waals surface area contributed by atoms with Gasteiger partial charge < -0.3 is 5.32 Å². The minimum Gasteiger partial charge on any atom is -0.306 e. The molecule has 0 spiro atoms. The van der Waals surface area contributed by atoms with Crippen molar-refractivity contribution in [2.45, 2.75) is 32.4 Å². The second-order valence-electron chi connectivity index (χ2n) is 4.45. The van der Waals surface area contributed by atoms with Gasteiger partial charge in [0.05, 0.1) is 23.4 Å². The Balaban J connectivity index is 2.16. The second-order valence-corrected chi connectivity index (χ2v) is 5.42. The Hall–Kier alpha value is -1.33. The van der Waals surface area contributed by atoms with Crippen molar-refractivity contribution in [2.75, 3.05) is 0 Å². The van der Waals surface area contributed by atoms with Crippen LogP contribution >= 0.6 is 11.3 Å². The van der Waals surface area contributed by atoms with Crippen LogP contribution in [0.5, 0.6) is 0 Å². The van der Waals surface area contributed by atoms with Crippen LogP contribution in [-0.2, 0) is 6.42 Å². The fourth-order valence-corrected chi connectivity index (χ4v) is 2.43. The van der Waals surface area contributed by atoms with Gasteiger partial charge in [-0.25, -0.2) is 4.39 Å². The van der Waals surface area contributed by atoms with Gasteiger partial charge in [0.1, 0.15) is 5.82 Å². The molecule has 1 N–H and O–H groups in total. The summed E-state index contributed by atoms with van der Waals surface area (Å²) in [6, 6.07) is 3.61. The third kappa shape index (κ3) is 3.58. The molecule has 0 radical (unpaired) electrons. The van der Waals surface area contributed by atoms with E-state index in [9.17, 15) is 4.39 Å². The number of rotatable bonds is 5. The molecule has 0 fully saturated rings. The first-order valence-electron chi connectivity index (χ1n) is 5.90. The van der Waals surface area contributed by atoms with Crippen LogP contribution in [0.2, 0.25) is 0 Å². The predicted octanol–water partition coefficient (Wildman–Crippen LogP) is 2.96. The van der Waals surface area contributed by atoms with Gasteiger partial charge in [-0.3, -0.25) is 9.97 Å².